The number of halogens is 12. The molecule has 5 aromatic carbocycles. The third-order valence-corrected chi connectivity index (χ3v) is 13.5. The largest absolute Gasteiger partial charge is 3.00 e. The molecule has 7 aromatic rings. The van der Waals surface area contributed by atoms with E-state index in [1.54, 1.807) is 95.7 Å². The van der Waals surface area contributed by atoms with Crippen molar-refractivity contribution in [3.05, 3.63) is 284 Å². The second-order valence-electron chi connectivity index (χ2n) is 23.0. The molecule has 0 fully saturated rings. The summed E-state index contributed by atoms with van der Waals surface area (Å²) in [5.74, 6) is -13.8. The van der Waals surface area contributed by atoms with E-state index in [2.05, 4.69) is 0 Å². The third-order valence-electron chi connectivity index (χ3n) is 11.7. The number of ketones is 8. The molecule has 0 unspecified atom stereocenters. The molecule has 594 valence electrons. The Bertz CT molecular complexity index is 4130. The predicted molar refractivity (Wildman–Crippen MR) is 364 cm³/mol. The van der Waals surface area contributed by atoms with Crippen molar-refractivity contribution >= 4 is 103 Å². The fraction of sp³-hybridized carbons (Fsp3) is 0.195. The maximum Gasteiger partial charge on any atom is 3.00 e. The Labute approximate surface area is 922 Å². The van der Waals surface area contributed by atoms with E-state index in [4.69, 9.17) is 0 Å². The number of thiophene rings is 2. The second kappa shape index (κ2) is 67.4. The Morgan fingerprint density at radius 1 is 0.278 bits per heavy atom. The minimum atomic E-state index is -5.00. The zero-order valence-electron chi connectivity index (χ0n) is 61.5. The first kappa shape index (κ1) is 132. The van der Waals surface area contributed by atoms with E-state index >= 15 is 0 Å². The standard InChI is InChI=1S/C15H12O2.C11H20O2.2C10H7F3O2.C10H10O2.2C8H5F3O2S.C5H8O2.2Dy.6Nd/c16-14(12-7-3-1-4-8-12)11-15(17)13-9-5-2-6-10-13;1-10(2,3)8(12)7-9(13)11(4,5)6;2*11-10(12,13)9(15)6-8(14)7-4-2-1-3-5-7;1-8(11)7-10(12)9-5-3-2-4-6-9;2*9-8(10,11)7(13)4-5(12)6-2-1-3-14-6;1-4(6)3-5(2)7;;;;;;;;/h1-11,16H;7,12H,1-6H3;2*1-6,14H;2-7,12H,1H3;2*1-4,12H;3,6H,1-2H3;;;;;;;;/q;;;;;;;;8*+3/p-8/b14-11-;8-7-;;;;;;4-3-;;;;;;;;. The first-order chi connectivity index (χ1) is 49.3. The Morgan fingerprint density at radius 3 is 0.696 bits per heavy atom. The molecular formula is C77H66Dy2F12Nd6O16S2+16. The number of carbonyl (C=O) groups is 8. The summed E-state index contributed by atoms with van der Waals surface area (Å²) in [6.45, 7) is 14.9. The van der Waals surface area contributed by atoms with Crippen LogP contribution in [0.4, 0.5) is 52.7 Å². The van der Waals surface area contributed by atoms with Gasteiger partial charge < -0.3 is 40.9 Å². The van der Waals surface area contributed by atoms with Gasteiger partial charge in [0.15, 0.2) is 23.1 Å². The molecule has 0 N–H and O–H groups in total. The van der Waals surface area contributed by atoms with E-state index in [1.807, 2.05) is 59.7 Å². The van der Waals surface area contributed by atoms with Gasteiger partial charge in [-0.3, -0.25) is 38.4 Å². The molecule has 2 aromatic heterocycles. The fourth-order valence-electron chi connectivity index (χ4n) is 6.35. The maximum absolute atomic E-state index is 11.8. The summed E-state index contributed by atoms with van der Waals surface area (Å²) < 4.78 is 141. The average molecular weight is 2730 g/mol. The van der Waals surface area contributed by atoms with E-state index in [1.165, 1.54) is 99.6 Å². The maximum atomic E-state index is 11.8. The van der Waals surface area contributed by atoms with Crippen LogP contribution in [0, 0.1) is 332 Å². The molecule has 0 saturated carbocycles. The molecule has 16 nitrogen and oxygen atoms in total. The number of allylic oxidation sites excluding steroid dienone is 10. The molecule has 0 bridgehead atoms. The summed E-state index contributed by atoms with van der Waals surface area (Å²) in [6.07, 6.45) is -15.2. The number of rotatable bonds is 15. The third kappa shape index (κ3) is 62.7. The SMILES string of the molecule is CC(=O)/C=C(/C)[O-].CC(=O)C=C([O-])c1ccccc1.CC(C)(C)C(=O)/C=C(\[O-])C(C)(C)C.O=C(/C=C(\[O-])c1ccccc1)c1ccccc1.O=C(C=C([O-])c1ccccc1)C(F)(F)F.O=C(C=C([O-])c1ccccc1)C(F)(F)F.O=C(C=C([O-])c1cccs1)C(F)(F)F.O=C(C=C([O-])c1cccs1)C(F)(F)F.[Dy+3].[Dy+3].[Nd+3].[Nd+3].[Nd+3].[Nd+3].[Nd+3].[Nd+3]. The van der Waals surface area contributed by atoms with Crippen molar-refractivity contribution in [2.24, 2.45) is 10.8 Å². The Hall–Kier alpha value is -1.01. The minimum Gasteiger partial charge on any atom is -0.876 e. The summed E-state index contributed by atoms with van der Waals surface area (Å²) in [4.78, 5) is 85.6. The van der Waals surface area contributed by atoms with Crippen LogP contribution in [-0.2, 0) is 33.6 Å². The van der Waals surface area contributed by atoms with Gasteiger partial charge in [0.05, 0.1) is 0 Å². The molecule has 7 rings (SSSR count). The van der Waals surface area contributed by atoms with Gasteiger partial charge in [-0.25, -0.2) is 0 Å². The summed E-state index contributed by atoms with van der Waals surface area (Å²) in [6, 6.07) is 46.5. The van der Waals surface area contributed by atoms with Crippen LogP contribution in [0.3, 0.4) is 0 Å². The second-order valence-corrected chi connectivity index (χ2v) is 24.9. The van der Waals surface area contributed by atoms with Gasteiger partial charge in [0, 0.05) is 20.7 Å². The van der Waals surface area contributed by atoms with Crippen LogP contribution >= 0.6 is 22.7 Å². The van der Waals surface area contributed by atoms with Gasteiger partial charge in [0.1, 0.15) is 0 Å². The molecule has 0 aliphatic rings. The van der Waals surface area contributed by atoms with Gasteiger partial charge in [-0.05, 0) is 113 Å². The van der Waals surface area contributed by atoms with Gasteiger partial charge in [-0.15, -0.1) is 34.2 Å². The average Bonchev–Trinajstić information content (AvgIpc) is 1.65. The van der Waals surface area contributed by atoms with Gasteiger partial charge in [0.25, 0.3) is 23.1 Å². The van der Waals surface area contributed by atoms with Crippen LogP contribution in [0.2, 0.25) is 0 Å². The summed E-state index contributed by atoms with van der Waals surface area (Å²) >= 11 is 1.97. The Balaban J connectivity index is -0.000000159. The first-order valence-electron chi connectivity index (χ1n) is 30.2. The summed E-state index contributed by atoms with van der Waals surface area (Å²) in [5.41, 5.74) is 0.786. The van der Waals surface area contributed by atoms with Crippen LogP contribution in [0.5, 0.6) is 0 Å². The van der Waals surface area contributed by atoms with Gasteiger partial charge in [-0.1, -0.05) is 247 Å². The molecule has 0 saturated heterocycles. The molecule has 2 heterocycles. The predicted octanol–water partition coefficient (Wildman–Crippen LogP) is 11.2. The van der Waals surface area contributed by atoms with Crippen LogP contribution in [0.15, 0.2) is 247 Å². The van der Waals surface area contributed by atoms with Crippen molar-refractivity contribution in [2.75, 3.05) is 0 Å². The van der Waals surface area contributed by atoms with Crippen molar-refractivity contribution in [1.29, 1.82) is 0 Å². The van der Waals surface area contributed by atoms with E-state index in [0.29, 0.717) is 16.7 Å². The van der Waals surface area contributed by atoms with Crippen molar-refractivity contribution in [3.63, 3.8) is 0 Å². The number of hydrogen-bond acceptors (Lipinski definition) is 18. The fourth-order valence-corrected chi connectivity index (χ4v) is 7.63. The number of carbonyl (C=O) groups excluding carboxylic acids is 8. The first-order valence-corrected chi connectivity index (χ1v) is 32.0. The van der Waals surface area contributed by atoms with Gasteiger partial charge >= 0.3 is 346 Å². The normalized spacial score (nSPS) is 11.6. The van der Waals surface area contributed by atoms with Crippen LogP contribution in [0.25, 0.3) is 34.6 Å². The van der Waals surface area contributed by atoms with E-state index in [-0.39, 0.29) is 413 Å². The van der Waals surface area contributed by atoms with Crippen molar-refractivity contribution in [1.82, 2.24) is 0 Å². The molecule has 38 heteroatoms. The van der Waals surface area contributed by atoms with E-state index < -0.39 is 81.7 Å². The van der Waals surface area contributed by atoms with E-state index in [9.17, 15) is 132 Å². The van der Waals surface area contributed by atoms with Crippen molar-refractivity contribution in [3.8, 4) is 0 Å². The molecule has 0 atom stereocenters. The topological polar surface area (TPSA) is 321 Å². The number of hydrogen-bond donors (Lipinski definition) is 0. The molecule has 8 radical (unpaired) electrons. The molecule has 0 aliphatic carbocycles. The Morgan fingerprint density at radius 2 is 0.504 bits per heavy atom. The zero-order valence-corrected chi connectivity index (χ0v) is 86.5. The summed E-state index contributed by atoms with van der Waals surface area (Å²) in [7, 11) is 0. The van der Waals surface area contributed by atoms with E-state index in [0.717, 1.165) is 40.9 Å². The van der Waals surface area contributed by atoms with Gasteiger partial charge in [-0.2, -0.15) is 52.7 Å². The zero-order chi connectivity index (χ0) is 82.3. The van der Waals surface area contributed by atoms with Crippen LogP contribution < -0.4 is 40.9 Å². The molecule has 0 spiro atoms. The van der Waals surface area contributed by atoms with Gasteiger partial charge in [0.2, 0.25) is 0 Å². The number of benzene rings is 5. The quantitative estimate of drug-likeness (QED) is 0.0398. The smallest absolute Gasteiger partial charge is 0.876 e. The van der Waals surface area contributed by atoms with Crippen LogP contribution in [0.1, 0.15) is 105 Å². The molecule has 0 amide bonds. The monoisotopic (exact) mass is 2720 g/mol. The Kier molecular flexibility index (Phi) is 77.4. The number of alkyl halides is 12. The van der Waals surface area contributed by atoms with Crippen LogP contribution in [-0.4, -0.2) is 71.0 Å². The summed E-state index contributed by atoms with van der Waals surface area (Å²) in [5, 5.41) is 91.7. The van der Waals surface area contributed by atoms with Crippen molar-refractivity contribution < 1.29 is 453 Å². The van der Waals surface area contributed by atoms with Crippen molar-refractivity contribution in [2.45, 2.75) is 87.0 Å². The molecule has 0 aliphatic heterocycles. The molecular weight excluding hydrogens is 2660 g/mol. The minimum absolute atomic E-state index is 0. The molecule has 115 heavy (non-hydrogen) atoms.